The van der Waals surface area contributed by atoms with Crippen LogP contribution in [0.25, 0.3) is 11.0 Å². The van der Waals surface area contributed by atoms with Crippen molar-refractivity contribution in [2.45, 2.75) is 19.6 Å². The number of alkyl halides is 3. The van der Waals surface area contributed by atoms with Crippen LogP contribution in [0, 0.1) is 0 Å². The Morgan fingerprint density at radius 1 is 1.26 bits per heavy atom. The second-order valence-electron chi connectivity index (χ2n) is 5.67. The molecule has 0 aliphatic heterocycles. The first-order valence-corrected chi connectivity index (χ1v) is 8.27. The molecule has 0 radical (unpaired) electrons. The van der Waals surface area contributed by atoms with Crippen LogP contribution in [0.4, 0.5) is 18.9 Å². The number of halogens is 4. The number of hydrogen-bond acceptors (Lipinski definition) is 3. The van der Waals surface area contributed by atoms with Gasteiger partial charge in [-0.05, 0) is 43.3 Å². The highest BCUT2D eigenvalue weighted by Crippen LogP contribution is 2.34. The molecule has 3 rings (SSSR count). The lowest BCUT2D eigenvalue weighted by molar-refractivity contribution is -0.137. The van der Waals surface area contributed by atoms with Crippen LogP contribution in [0.2, 0.25) is 5.02 Å². The molecular weight excluding hydrogens is 383 g/mol. The van der Waals surface area contributed by atoms with Crippen LogP contribution in [-0.2, 0) is 12.7 Å². The van der Waals surface area contributed by atoms with Crippen molar-refractivity contribution in [1.29, 1.82) is 0 Å². The van der Waals surface area contributed by atoms with Gasteiger partial charge in [0.1, 0.15) is 11.2 Å². The van der Waals surface area contributed by atoms with E-state index in [1.54, 1.807) is 19.1 Å². The van der Waals surface area contributed by atoms with Gasteiger partial charge in [0, 0.05) is 18.1 Å². The Bertz CT molecular complexity index is 1090. The highest BCUT2D eigenvalue weighted by Gasteiger charge is 2.31. The standard InChI is InChI=1S/C18H13ClF3N3O2/c1-2-25-15-10(4-3-7-23-15)8-12(17(25)27)16(26)24-14-9-11(18(20,21)22)5-6-13(14)19/h3-9H,2H2,1H3,(H,24,26). The maximum absolute atomic E-state index is 12.9. The molecule has 0 atom stereocenters. The fourth-order valence-electron chi connectivity index (χ4n) is 2.65. The summed E-state index contributed by atoms with van der Waals surface area (Å²) in [6, 6.07) is 7.26. The molecule has 140 valence electrons. The molecule has 0 unspecified atom stereocenters. The fraction of sp³-hybridized carbons (Fsp3) is 0.167. The molecule has 1 amide bonds. The molecule has 0 aliphatic rings. The van der Waals surface area contributed by atoms with Gasteiger partial charge in [0.15, 0.2) is 0 Å². The highest BCUT2D eigenvalue weighted by atomic mass is 35.5. The van der Waals surface area contributed by atoms with Crippen LogP contribution in [-0.4, -0.2) is 15.5 Å². The number of rotatable bonds is 3. The van der Waals surface area contributed by atoms with Crippen molar-refractivity contribution in [1.82, 2.24) is 9.55 Å². The van der Waals surface area contributed by atoms with Crippen LogP contribution in [0.5, 0.6) is 0 Å². The third kappa shape index (κ3) is 3.66. The van der Waals surface area contributed by atoms with E-state index in [-0.39, 0.29) is 22.8 Å². The first-order valence-electron chi connectivity index (χ1n) is 7.89. The van der Waals surface area contributed by atoms with E-state index in [1.165, 1.54) is 16.8 Å². The number of aryl methyl sites for hydroxylation is 1. The Morgan fingerprint density at radius 2 is 2.00 bits per heavy atom. The molecule has 1 aromatic carbocycles. The maximum Gasteiger partial charge on any atom is 0.416 e. The summed E-state index contributed by atoms with van der Waals surface area (Å²) in [5.41, 5.74) is -1.59. The van der Waals surface area contributed by atoms with E-state index in [0.29, 0.717) is 11.0 Å². The first-order chi connectivity index (χ1) is 12.7. The lowest BCUT2D eigenvalue weighted by Crippen LogP contribution is -2.29. The van der Waals surface area contributed by atoms with Crippen molar-refractivity contribution >= 4 is 34.2 Å². The minimum atomic E-state index is -4.59. The predicted molar refractivity (Wildman–Crippen MR) is 96.1 cm³/mol. The van der Waals surface area contributed by atoms with Gasteiger partial charge in [0.25, 0.3) is 11.5 Å². The number of nitrogens with one attached hydrogen (secondary N) is 1. The highest BCUT2D eigenvalue weighted by molar-refractivity contribution is 6.34. The molecule has 1 N–H and O–H groups in total. The molecule has 5 nitrogen and oxygen atoms in total. The smallest absolute Gasteiger partial charge is 0.320 e. The largest absolute Gasteiger partial charge is 0.416 e. The van der Waals surface area contributed by atoms with E-state index >= 15 is 0 Å². The number of carbonyl (C=O) groups is 1. The summed E-state index contributed by atoms with van der Waals surface area (Å²) < 4.78 is 40.0. The van der Waals surface area contributed by atoms with E-state index < -0.39 is 23.2 Å². The van der Waals surface area contributed by atoms with Gasteiger partial charge in [-0.2, -0.15) is 13.2 Å². The Kier molecular flexibility index (Phi) is 4.93. The molecule has 27 heavy (non-hydrogen) atoms. The molecule has 2 heterocycles. The third-order valence-electron chi connectivity index (χ3n) is 3.95. The molecule has 0 bridgehead atoms. The predicted octanol–water partition coefficient (Wildman–Crippen LogP) is 4.34. The molecule has 0 saturated heterocycles. The quantitative estimate of drug-likeness (QED) is 0.717. The minimum Gasteiger partial charge on any atom is -0.320 e. The van der Waals surface area contributed by atoms with Gasteiger partial charge in [-0.3, -0.25) is 14.2 Å². The number of anilines is 1. The zero-order chi connectivity index (χ0) is 19.8. The lowest BCUT2D eigenvalue weighted by Gasteiger charge is -2.13. The minimum absolute atomic E-state index is 0.0744. The van der Waals surface area contributed by atoms with Gasteiger partial charge in [0.05, 0.1) is 16.3 Å². The van der Waals surface area contributed by atoms with E-state index in [2.05, 4.69) is 10.3 Å². The Balaban J connectivity index is 2.05. The topological polar surface area (TPSA) is 64.0 Å². The summed E-state index contributed by atoms with van der Waals surface area (Å²) in [7, 11) is 0. The molecule has 0 fully saturated rings. The SMILES string of the molecule is CCn1c(=O)c(C(=O)Nc2cc(C(F)(F)F)ccc2Cl)cc2cccnc21. The number of amides is 1. The molecule has 3 aromatic rings. The van der Waals surface area contributed by atoms with Crippen LogP contribution in [0.1, 0.15) is 22.8 Å². The summed E-state index contributed by atoms with van der Waals surface area (Å²) in [4.78, 5) is 29.3. The van der Waals surface area contributed by atoms with Gasteiger partial charge < -0.3 is 5.32 Å². The van der Waals surface area contributed by atoms with Crippen molar-refractivity contribution < 1.29 is 18.0 Å². The fourth-order valence-corrected chi connectivity index (χ4v) is 2.81. The summed E-state index contributed by atoms with van der Waals surface area (Å²) >= 11 is 5.90. The second-order valence-corrected chi connectivity index (χ2v) is 6.08. The van der Waals surface area contributed by atoms with Crippen molar-refractivity contribution in [3.63, 3.8) is 0 Å². The van der Waals surface area contributed by atoms with E-state index in [0.717, 1.165) is 18.2 Å². The average molecular weight is 396 g/mol. The Hall–Kier alpha value is -2.87. The second kappa shape index (κ2) is 7.03. The first kappa shape index (κ1) is 18.9. The zero-order valence-corrected chi connectivity index (χ0v) is 14.7. The van der Waals surface area contributed by atoms with Gasteiger partial charge in [-0.1, -0.05) is 11.6 Å². The summed E-state index contributed by atoms with van der Waals surface area (Å²) in [5, 5.41) is 2.77. The number of hydrogen-bond donors (Lipinski definition) is 1. The number of benzene rings is 1. The number of carbonyl (C=O) groups excluding carboxylic acids is 1. The van der Waals surface area contributed by atoms with Crippen LogP contribution >= 0.6 is 11.6 Å². The van der Waals surface area contributed by atoms with Gasteiger partial charge in [-0.25, -0.2) is 4.98 Å². The monoisotopic (exact) mass is 395 g/mol. The van der Waals surface area contributed by atoms with E-state index in [9.17, 15) is 22.8 Å². The van der Waals surface area contributed by atoms with Crippen LogP contribution < -0.4 is 10.9 Å². The summed E-state index contributed by atoms with van der Waals surface area (Å²) in [6.07, 6.45) is -3.07. The number of nitrogens with zero attached hydrogens (tertiary/aromatic N) is 2. The van der Waals surface area contributed by atoms with Crippen molar-refractivity contribution in [2.24, 2.45) is 0 Å². The van der Waals surface area contributed by atoms with Gasteiger partial charge in [0.2, 0.25) is 0 Å². The Labute approximate surface area is 156 Å². The number of fused-ring (bicyclic) bond motifs is 1. The number of pyridine rings is 2. The zero-order valence-electron chi connectivity index (χ0n) is 14.0. The number of aromatic nitrogens is 2. The van der Waals surface area contributed by atoms with Gasteiger partial charge >= 0.3 is 6.18 Å². The molecule has 2 aromatic heterocycles. The molecular formula is C18H13ClF3N3O2. The molecule has 0 spiro atoms. The van der Waals surface area contributed by atoms with Crippen molar-refractivity contribution in [2.75, 3.05) is 5.32 Å². The molecule has 0 aliphatic carbocycles. The van der Waals surface area contributed by atoms with E-state index in [4.69, 9.17) is 11.6 Å². The summed E-state index contributed by atoms with van der Waals surface area (Å²) in [6.45, 7) is 2.00. The molecule has 0 saturated carbocycles. The van der Waals surface area contributed by atoms with Crippen LogP contribution in [0.3, 0.4) is 0 Å². The van der Waals surface area contributed by atoms with Crippen LogP contribution in [0.15, 0.2) is 47.4 Å². The van der Waals surface area contributed by atoms with Crippen molar-refractivity contribution in [3.05, 3.63) is 69.1 Å². The van der Waals surface area contributed by atoms with E-state index in [1.807, 2.05) is 0 Å². The van der Waals surface area contributed by atoms with Crippen molar-refractivity contribution in [3.8, 4) is 0 Å². The lowest BCUT2D eigenvalue weighted by atomic mass is 10.1. The Morgan fingerprint density at radius 3 is 2.67 bits per heavy atom. The van der Waals surface area contributed by atoms with Gasteiger partial charge in [-0.15, -0.1) is 0 Å². The third-order valence-corrected chi connectivity index (χ3v) is 4.28. The molecule has 9 heteroatoms. The summed E-state index contributed by atoms with van der Waals surface area (Å²) in [5.74, 6) is -0.853. The normalized spacial score (nSPS) is 11.6. The average Bonchev–Trinajstić information content (AvgIpc) is 2.62. The maximum atomic E-state index is 12.9.